The Morgan fingerprint density at radius 3 is 2.58 bits per heavy atom. The molecule has 0 N–H and O–H groups in total. The summed E-state index contributed by atoms with van der Waals surface area (Å²) in [5.41, 5.74) is 1.41. The second-order valence-corrected chi connectivity index (χ2v) is 6.45. The fourth-order valence-corrected chi connectivity index (χ4v) is 2.95. The summed E-state index contributed by atoms with van der Waals surface area (Å²) >= 11 is 0. The molecule has 2 aromatic rings. The number of hydrogen-bond acceptors (Lipinski definition) is 3. The van der Waals surface area contributed by atoms with Crippen LogP contribution in [-0.4, -0.2) is 40.8 Å². The zero-order chi connectivity index (χ0) is 17.1. The van der Waals surface area contributed by atoms with E-state index in [0.717, 1.165) is 18.4 Å². The molecule has 24 heavy (non-hydrogen) atoms. The predicted molar refractivity (Wildman–Crippen MR) is 90.6 cm³/mol. The fraction of sp³-hybridized carbons (Fsp3) is 0.368. The van der Waals surface area contributed by atoms with Gasteiger partial charge >= 0.3 is 0 Å². The third kappa shape index (κ3) is 3.62. The molecule has 0 bridgehead atoms. The lowest BCUT2D eigenvalue weighted by Gasteiger charge is -2.31. The molecule has 1 aliphatic rings. The van der Waals surface area contributed by atoms with E-state index in [0.29, 0.717) is 12.1 Å². The van der Waals surface area contributed by atoms with Crippen LogP contribution in [0.3, 0.4) is 0 Å². The van der Waals surface area contributed by atoms with Crippen molar-refractivity contribution in [3.05, 3.63) is 65.7 Å². The van der Waals surface area contributed by atoms with Crippen molar-refractivity contribution >= 4 is 5.91 Å². The summed E-state index contributed by atoms with van der Waals surface area (Å²) in [7, 11) is 3.62. The van der Waals surface area contributed by atoms with Gasteiger partial charge in [0.25, 0.3) is 0 Å². The first kappa shape index (κ1) is 16.6. The molecule has 1 fully saturated rings. The van der Waals surface area contributed by atoms with E-state index >= 15 is 0 Å². The van der Waals surface area contributed by atoms with E-state index < -0.39 is 6.04 Å². The third-order valence-corrected chi connectivity index (χ3v) is 4.30. The van der Waals surface area contributed by atoms with Gasteiger partial charge in [-0.25, -0.2) is 4.39 Å². The molecule has 1 aromatic heterocycles. The molecule has 1 aliphatic carbocycles. The molecule has 126 valence electrons. The van der Waals surface area contributed by atoms with Gasteiger partial charge in [-0.15, -0.1) is 0 Å². The van der Waals surface area contributed by atoms with Crippen molar-refractivity contribution in [3.63, 3.8) is 0 Å². The first-order valence-electron chi connectivity index (χ1n) is 8.18. The lowest BCUT2D eigenvalue weighted by atomic mass is 10.0. The van der Waals surface area contributed by atoms with E-state index in [1.807, 2.05) is 31.1 Å². The lowest BCUT2D eigenvalue weighted by Crippen LogP contribution is -2.41. The standard InChI is InChI=1S/C19H22FN3O/c1-22(2)18(16-7-3-4-8-17(16)20)19(24)23(15-9-10-15)13-14-6-5-11-21-12-14/h3-8,11-12,15,18H,9-10,13H2,1-2H3/t18-/m1/s1. The van der Waals surface area contributed by atoms with Crippen molar-refractivity contribution in [3.8, 4) is 0 Å². The summed E-state index contributed by atoms with van der Waals surface area (Å²) < 4.78 is 14.3. The van der Waals surface area contributed by atoms with Crippen molar-refractivity contribution in [1.29, 1.82) is 0 Å². The normalized spacial score (nSPS) is 15.3. The SMILES string of the molecule is CN(C)[C@@H](C(=O)N(Cc1cccnc1)C1CC1)c1ccccc1F. The molecule has 0 unspecified atom stereocenters. The molecule has 5 heteroatoms. The summed E-state index contributed by atoms with van der Waals surface area (Å²) in [5.74, 6) is -0.405. The topological polar surface area (TPSA) is 36.4 Å². The van der Waals surface area contributed by atoms with Crippen molar-refractivity contribution in [1.82, 2.24) is 14.8 Å². The van der Waals surface area contributed by atoms with E-state index in [4.69, 9.17) is 0 Å². The minimum absolute atomic E-state index is 0.0588. The molecule has 0 saturated heterocycles. The van der Waals surface area contributed by atoms with E-state index in [1.54, 1.807) is 35.5 Å². The molecule has 0 radical (unpaired) electrons. The van der Waals surface area contributed by atoms with Gasteiger partial charge in [0.15, 0.2) is 0 Å². The number of carbonyl (C=O) groups is 1. The summed E-state index contributed by atoms with van der Waals surface area (Å²) in [6, 6.07) is 9.95. The predicted octanol–water partition coefficient (Wildman–Crippen LogP) is 3.01. The first-order chi connectivity index (χ1) is 11.6. The number of pyridine rings is 1. The molecule has 3 rings (SSSR count). The number of benzene rings is 1. The quantitative estimate of drug-likeness (QED) is 0.818. The van der Waals surface area contributed by atoms with Gasteiger partial charge in [0.1, 0.15) is 11.9 Å². The average Bonchev–Trinajstić information content (AvgIpc) is 3.40. The molecule has 1 aromatic carbocycles. The zero-order valence-electron chi connectivity index (χ0n) is 14.0. The van der Waals surface area contributed by atoms with Crippen LogP contribution in [0.1, 0.15) is 30.0 Å². The summed E-state index contributed by atoms with van der Waals surface area (Å²) in [4.78, 5) is 21.0. The van der Waals surface area contributed by atoms with Gasteiger partial charge < -0.3 is 4.90 Å². The summed E-state index contributed by atoms with van der Waals surface area (Å²) in [5, 5.41) is 0. The zero-order valence-corrected chi connectivity index (χ0v) is 14.0. The summed E-state index contributed by atoms with van der Waals surface area (Å²) in [6.07, 6.45) is 5.50. The highest BCUT2D eigenvalue weighted by molar-refractivity contribution is 5.84. The van der Waals surface area contributed by atoms with Crippen LogP contribution in [0.15, 0.2) is 48.8 Å². The van der Waals surface area contributed by atoms with Crippen LogP contribution in [0.5, 0.6) is 0 Å². The average molecular weight is 327 g/mol. The van der Waals surface area contributed by atoms with Gasteiger partial charge in [0.05, 0.1) is 0 Å². The van der Waals surface area contributed by atoms with Gasteiger partial charge in [-0.3, -0.25) is 14.7 Å². The smallest absolute Gasteiger partial charge is 0.245 e. The van der Waals surface area contributed by atoms with E-state index in [1.165, 1.54) is 6.07 Å². The van der Waals surface area contributed by atoms with E-state index in [9.17, 15) is 9.18 Å². The number of hydrogen-bond donors (Lipinski definition) is 0. The Morgan fingerprint density at radius 1 is 1.25 bits per heavy atom. The number of rotatable bonds is 6. The number of halogens is 1. The molecule has 0 aliphatic heterocycles. The maximum absolute atomic E-state index is 14.3. The molecular weight excluding hydrogens is 305 g/mol. The number of aromatic nitrogens is 1. The molecular formula is C19H22FN3O. The number of carbonyl (C=O) groups excluding carboxylic acids is 1. The number of nitrogens with zero attached hydrogens (tertiary/aromatic N) is 3. The Bertz CT molecular complexity index is 701. The molecule has 1 amide bonds. The largest absolute Gasteiger partial charge is 0.334 e. The maximum atomic E-state index is 14.3. The minimum Gasteiger partial charge on any atom is -0.334 e. The highest BCUT2D eigenvalue weighted by Crippen LogP contribution is 2.33. The Hall–Kier alpha value is -2.27. The Balaban J connectivity index is 1.88. The van der Waals surface area contributed by atoms with Gasteiger partial charge in [-0.1, -0.05) is 24.3 Å². The highest BCUT2D eigenvalue weighted by Gasteiger charge is 2.38. The maximum Gasteiger partial charge on any atom is 0.245 e. The van der Waals surface area contributed by atoms with Crippen LogP contribution in [0, 0.1) is 5.82 Å². The minimum atomic E-state index is -0.622. The molecule has 4 nitrogen and oxygen atoms in total. The molecule has 1 heterocycles. The molecule has 0 spiro atoms. The molecule has 1 atom stereocenters. The van der Waals surface area contributed by atoms with E-state index in [-0.39, 0.29) is 17.8 Å². The first-order valence-corrected chi connectivity index (χ1v) is 8.18. The van der Waals surface area contributed by atoms with Gasteiger partial charge in [-0.05, 0) is 44.6 Å². The van der Waals surface area contributed by atoms with Crippen LogP contribution in [-0.2, 0) is 11.3 Å². The van der Waals surface area contributed by atoms with Crippen LogP contribution < -0.4 is 0 Å². The van der Waals surface area contributed by atoms with Crippen LogP contribution in [0.4, 0.5) is 4.39 Å². The lowest BCUT2D eigenvalue weighted by molar-refractivity contribution is -0.137. The van der Waals surface area contributed by atoms with Crippen molar-refractivity contribution in [2.75, 3.05) is 14.1 Å². The van der Waals surface area contributed by atoms with Crippen LogP contribution >= 0.6 is 0 Å². The van der Waals surface area contributed by atoms with Crippen molar-refractivity contribution in [2.45, 2.75) is 31.5 Å². The monoisotopic (exact) mass is 327 g/mol. The van der Waals surface area contributed by atoms with Gasteiger partial charge in [0.2, 0.25) is 5.91 Å². The summed E-state index contributed by atoms with van der Waals surface area (Å²) in [6.45, 7) is 0.510. The van der Waals surface area contributed by atoms with E-state index in [2.05, 4.69) is 4.98 Å². The van der Waals surface area contributed by atoms with Gasteiger partial charge in [-0.2, -0.15) is 0 Å². The molecule has 1 saturated carbocycles. The third-order valence-electron chi connectivity index (χ3n) is 4.30. The second-order valence-electron chi connectivity index (χ2n) is 6.45. The Morgan fingerprint density at radius 2 is 2.00 bits per heavy atom. The Kier molecular flexibility index (Phi) is 4.90. The number of amides is 1. The second kappa shape index (κ2) is 7.09. The fourth-order valence-electron chi connectivity index (χ4n) is 2.95. The van der Waals surface area contributed by atoms with Crippen LogP contribution in [0.25, 0.3) is 0 Å². The van der Waals surface area contributed by atoms with Crippen molar-refractivity contribution in [2.24, 2.45) is 0 Å². The van der Waals surface area contributed by atoms with Crippen LogP contribution in [0.2, 0.25) is 0 Å². The van der Waals surface area contributed by atoms with Crippen molar-refractivity contribution < 1.29 is 9.18 Å². The number of likely N-dealkylation sites (N-methyl/N-ethyl adjacent to an activating group) is 1. The van der Waals surface area contributed by atoms with Gasteiger partial charge in [0, 0.05) is 30.5 Å². The Labute approximate surface area is 141 Å². The highest BCUT2D eigenvalue weighted by atomic mass is 19.1.